The molecule has 0 aromatic carbocycles. The van der Waals surface area contributed by atoms with Crippen LogP contribution in [0.3, 0.4) is 0 Å². The van der Waals surface area contributed by atoms with Crippen LogP contribution in [0.15, 0.2) is 35.5 Å². The molecule has 0 radical (unpaired) electrons. The highest BCUT2D eigenvalue weighted by molar-refractivity contribution is 5.74. The van der Waals surface area contributed by atoms with Gasteiger partial charge in [-0.05, 0) is 58.2 Å². The number of amides is 1. The van der Waals surface area contributed by atoms with Crippen molar-refractivity contribution in [2.75, 3.05) is 13.6 Å². The Balaban J connectivity index is 0.000000242. The summed E-state index contributed by atoms with van der Waals surface area (Å²) in [6, 6.07) is -0.0834. The van der Waals surface area contributed by atoms with Crippen LogP contribution in [0.5, 0.6) is 0 Å². The average Bonchev–Trinajstić information content (AvgIpc) is 3.18. The molecule has 0 saturated carbocycles. The van der Waals surface area contributed by atoms with Gasteiger partial charge in [-0.15, -0.1) is 0 Å². The number of rotatable bonds is 2. The van der Waals surface area contributed by atoms with Gasteiger partial charge in [-0.25, -0.2) is 4.79 Å². The monoisotopic (exact) mass is 332 g/mol. The molecule has 2 unspecified atom stereocenters. The fraction of sp³-hybridized carbons (Fsp3) is 0.579. The predicted octanol–water partition coefficient (Wildman–Crippen LogP) is 2.99. The molecule has 1 N–H and O–H groups in total. The number of carbonyl (C=O) groups excluding carboxylic acids is 2. The van der Waals surface area contributed by atoms with Crippen molar-refractivity contribution in [2.24, 2.45) is 0 Å². The van der Waals surface area contributed by atoms with Crippen molar-refractivity contribution < 1.29 is 14.3 Å². The van der Waals surface area contributed by atoms with Gasteiger partial charge in [-0.2, -0.15) is 0 Å². The number of allylic oxidation sites excluding steroid dienone is 6. The maximum atomic E-state index is 11.9. The van der Waals surface area contributed by atoms with Crippen molar-refractivity contribution >= 4 is 12.4 Å². The van der Waals surface area contributed by atoms with Crippen LogP contribution in [0, 0.1) is 0 Å². The van der Waals surface area contributed by atoms with E-state index >= 15 is 0 Å². The second-order valence-electron chi connectivity index (χ2n) is 7.38. The summed E-state index contributed by atoms with van der Waals surface area (Å²) in [5, 5.41) is 3.14. The molecule has 1 aliphatic heterocycles. The van der Waals surface area contributed by atoms with Crippen LogP contribution in [0.25, 0.3) is 0 Å². The zero-order valence-electron chi connectivity index (χ0n) is 15.0. The fourth-order valence-corrected chi connectivity index (χ4v) is 2.95. The van der Waals surface area contributed by atoms with E-state index in [1.54, 1.807) is 0 Å². The molecule has 1 heterocycles. The first-order chi connectivity index (χ1) is 11.3. The molecule has 2 aliphatic carbocycles. The Morgan fingerprint density at radius 1 is 1.29 bits per heavy atom. The number of nitrogens with one attached hydrogen (secondary N) is 1. The molecule has 5 heteroatoms. The fourth-order valence-electron chi connectivity index (χ4n) is 2.95. The molecular formula is C19H28N2O3. The number of hydrogen-bond acceptors (Lipinski definition) is 4. The quantitative estimate of drug-likeness (QED) is 0.790. The first-order valence-corrected chi connectivity index (χ1v) is 8.52. The van der Waals surface area contributed by atoms with E-state index in [9.17, 15) is 9.59 Å². The Kier molecular flexibility index (Phi) is 5.99. The van der Waals surface area contributed by atoms with E-state index in [0.29, 0.717) is 19.0 Å². The van der Waals surface area contributed by atoms with E-state index in [1.165, 1.54) is 22.5 Å². The molecule has 3 rings (SSSR count). The smallest absolute Gasteiger partial charge is 0.410 e. The molecule has 0 aromatic heterocycles. The zero-order valence-corrected chi connectivity index (χ0v) is 15.0. The Labute approximate surface area is 144 Å². The van der Waals surface area contributed by atoms with Gasteiger partial charge >= 0.3 is 6.09 Å². The molecule has 0 spiro atoms. The van der Waals surface area contributed by atoms with Crippen molar-refractivity contribution in [1.82, 2.24) is 10.2 Å². The van der Waals surface area contributed by atoms with Gasteiger partial charge in [0.1, 0.15) is 11.9 Å². The van der Waals surface area contributed by atoms with Gasteiger partial charge in [-0.1, -0.05) is 24.3 Å². The lowest BCUT2D eigenvalue weighted by molar-refractivity contribution is -0.113. The highest BCUT2D eigenvalue weighted by atomic mass is 16.6. The number of carbonyl (C=O) groups is 2. The Hall–Kier alpha value is -1.88. The molecule has 24 heavy (non-hydrogen) atoms. The maximum absolute atomic E-state index is 11.9. The van der Waals surface area contributed by atoms with Crippen LogP contribution in [-0.2, 0) is 9.53 Å². The van der Waals surface area contributed by atoms with E-state index in [4.69, 9.17) is 4.74 Å². The minimum atomic E-state index is -0.523. The average molecular weight is 332 g/mol. The second-order valence-corrected chi connectivity index (χ2v) is 7.38. The summed E-state index contributed by atoms with van der Waals surface area (Å²) in [4.78, 5) is 24.4. The highest BCUT2D eigenvalue weighted by Gasteiger charge is 2.33. The zero-order chi connectivity index (χ0) is 17.7. The van der Waals surface area contributed by atoms with E-state index < -0.39 is 11.7 Å². The minimum absolute atomic E-state index is 0.295. The molecular weight excluding hydrogens is 304 g/mol. The Morgan fingerprint density at radius 3 is 2.29 bits per heavy atom. The van der Waals surface area contributed by atoms with Gasteiger partial charge < -0.3 is 14.8 Å². The van der Waals surface area contributed by atoms with E-state index in [0.717, 1.165) is 12.7 Å². The molecule has 1 saturated heterocycles. The largest absolute Gasteiger partial charge is 0.444 e. The third-order valence-corrected chi connectivity index (χ3v) is 4.27. The van der Waals surface area contributed by atoms with E-state index in [2.05, 4.69) is 29.6 Å². The molecule has 3 aliphatic rings. The van der Waals surface area contributed by atoms with E-state index in [-0.39, 0.29) is 6.04 Å². The summed E-state index contributed by atoms with van der Waals surface area (Å²) < 4.78 is 5.29. The molecule has 2 bridgehead atoms. The van der Waals surface area contributed by atoms with Crippen molar-refractivity contribution in [3.63, 3.8) is 0 Å². The lowest BCUT2D eigenvalue weighted by atomic mass is 9.99. The lowest BCUT2D eigenvalue weighted by Gasteiger charge is -2.37. The summed E-state index contributed by atoms with van der Waals surface area (Å²) in [5.41, 5.74) is 2.41. The molecule has 5 nitrogen and oxygen atoms in total. The van der Waals surface area contributed by atoms with Crippen LogP contribution >= 0.6 is 0 Å². The maximum Gasteiger partial charge on any atom is 0.410 e. The van der Waals surface area contributed by atoms with Crippen molar-refractivity contribution in [1.29, 1.82) is 0 Å². The summed E-state index contributed by atoms with van der Waals surface area (Å²) in [6.45, 7) is 6.02. The summed E-state index contributed by atoms with van der Waals surface area (Å²) in [6.07, 6.45) is 11.8. The topological polar surface area (TPSA) is 58.6 Å². The van der Waals surface area contributed by atoms with Crippen molar-refractivity contribution in [2.45, 2.75) is 57.7 Å². The molecule has 1 amide bonds. The van der Waals surface area contributed by atoms with Crippen LogP contribution < -0.4 is 5.32 Å². The SMILES string of the molecule is C1=CC2=CC=C1C2.CNC1CCN(C(=O)OC(C)(C)C)C(C=O)C1. The molecule has 2 atom stereocenters. The van der Waals surface area contributed by atoms with Gasteiger partial charge in [0, 0.05) is 12.6 Å². The number of nitrogens with zero attached hydrogens (tertiary/aromatic N) is 1. The second kappa shape index (κ2) is 7.79. The highest BCUT2D eigenvalue weighted by Crippen LogP contribution is 2.27. The standard InChI is InChI=1S/C12H22N2O3.C7H6/c1-12(2,3)17-11(16)14-6-5-9(13-4)7-10(14)8-15;1-2-7-4-3-6(1)5-7/h8-10,13H,5-7H2,1-4H3;1-4H,5H2. The first kappa shape index (κ1) is 18.5. The Morgan fingerprint density at radius 2 is 1.92 bits per heavy atom. The number of fused-ring (bicyclic) bond motifs is 2. The molecule has 132 valence electrons. The van der Waals surface area contributed by atoms with Crippen molar-refractivity contribution in [3.8, 4) is 0 Å². The predicted molar refractivity (Wildman–Crippen MR) is 94.8 cm³/mol. The van der Waals surface area contributed by atoms with Crippen LogP contribution in [0.2, 0.25) is 0 Å². The third-order valence-electron chi connectivity index (χ3n) is 4.27. The van der Waals surface area contributed by atoms with E-state index in [1.807, 2.05) is 27.8 Å². The minimum Gasteiger partial charge on any atom is -0.444 e. The number of likely N-dealkylation sites (tertiary alicyclic amines) is 1. The summed E-state index contributed by atoms with van der Waals surface area (Å²) >= 11 is 0. The van der Waals surface area contributed by atoms with Crippen LogP contribution in [-0.4, -0.2) is 48.6 Å². The third kappa shape index (κ3) is 5.06. The van der Waals surface area contributed by atoms with Gasteiger partial charge in [0.25, 0.3) is 0 Å². The van der Waals surface area contributed by atoms with Gasteiger partial charge in [0.15, 0.2) is 0 Å². The number of hydrogen-bond donors (Lipinski definition) is 1. The molecule has 1 fully saturated rings. The summed E-state index contributed by atoms with van der Waals surface area (Å²) in [7, 11) is 1.87. The normalized spacial score (nSPS) is 24.8. The molecule has 0 aromatic rings. The first-order valence-electron chi connectivity index (χ1n) is 8.52. The van der Waals surface area contributed by atoms with Crippen LogP contribution in [0.1, 0.15) is 40.0 Å². The van der Waals surface area contributed by atoms with Gasteiger partial charge in [0.05, 0.1) is 6.04 Å². The summed E-state index contributed by atoms with van der Waals surface area (Å²) in [5.74, 6) is 0. The van der Waals surface area contributed by atoms with Crippen molar-refractivity contribution in [3.05, 3.63) is 35.5 Å². The Bertz CT molecular complexity index is 550. The number of piperidine rings is 1. The lowest BCUT2D eigenvalue weighted by Crippen LogP contribution is -2.52. The van der Waals surface area contributed by atoms with Gasteiger partial charge in [0.2, 0.25) is 0 Å². The van der Waals surface area contributed by atoms with Gasteiger partial charge in [-0.3, -0.25) is 4.90 Å². The van der Waals surface area contributed by atoms with Crippen LogP contribution in [0.4, 0.5) is 4.79 Å². The number of ether oxygens (including phenoxy) is 1. The number of aldehydes is 1.